The zero-order valence-corrected chi connectivity index (χ0v) is 34.8. The molecule has 0 saturated carbocycles. The summed E-state index contributed by atoms with van der Waals surface area (Å²) in [5, 5.41) is 1.02. The molecule has 11 nitrogen and oxygen atoms in total. The first-order valence-corrected chi connectivity index (χ1v) is 20.3. The lowest BCUT2D eigenvalue weighted by Crippen LogP contribution is -2.30. The van der Waals surface area contributed by atoms with Crippen molar-refractivity contribution in [1.29, 1.82) is 0 Å². The van der Waals surface area contributed by atoms with Gasteiger partial charge in [0, 0.05) is 14.7 Å². The minimum absolute atomic E-state index is 0.0152. The topological polar surface area (TPSA) is 152 Å². The third-order valence-corrected chi connectivity index (χ3v) is 11.7. The molecule has 4 amide bonds. The molecule has 2 aliphatic heterocycles. The van der Waals surface area contributed by atoms with Crippen molar-refractivity contribution in [3.8, 4) is 22.5 Å². The van der Waals surface area contributed by atoms with Crippen LogP contribution in [-0.4, -0.2) is 53.4 Å². The number of hydrogen-bond donors (Lipinski definition) is 1. The number of carbonyl (C=O) groups excluding carboxylic acids is 4. The number of hydrogen-bond acceptors (Lipinski definition) is 9. The fourth-order valence-electron chi connectivity index (χ4n) is 7.24. The summed E-state index contributed by atoms with van der Waals surface area (Å²) in [5.74, 6) is -1.36. The maximum absolute atomic E-state index is 12.9. The highest BCUT2D eigenvalue weighted by Crippen LogP contribution is 2.35. The average molecular weight is 941 g/mol. The Morgan fingerprint density at radius 2 is 0.817 bits per heavy atom. The number of anilines is 1. The maximum atomic E-state index is 12.9. The number of fused-ring (bicyclic) bond motifs is 4. The van der Waals surface area contributed by atoms with Gasteiger partial charge in [-0.3, -0.25) is 29.0 Å². The first-order chi connectivity index (χ1) is 29.1. The predicted octanol–water partition coefficient (Wildman–Crippen LogP) is 9.68. The molecule has 0 spiro atoms. The van der Waals surface area contributed by atoms with E-state index >= 15 is 0 Å². The van der Waals surface area contributed by atoms with Crippen LogP contribution in [-0.2, 0) is 13.1 Å². The molecule has 10 rings (SSSR count). The minimum Gasteiger partial charge on any atom is -0.397 e. The van der Waals surface area contributed by atoms with Crippen molar-refractivity contribution in [3.63, 3.8) is 0 Å². The standard InChI is InChI=1S/C23H13ClIN3O2.C23H15ClN4O2/c2*24-16-9-4-3-8-15(16)20-19(26-18-11-5-10-17(25)21(18)27-20)12-28-22(29)13-6-1-2-7-14(13)23(28)30/h1-11H,12H2;1-11H,12,25H2. The summed E-state index contributed by atoms with van der Waals surface area (Å²) in [6.07, 6.45) is 0. The van der Waals surface area contributed by atoms with Gasteiger partial charge in [-0.15, -0.1) is 0 Å². The Hall–Kier alpha value is -6.61. The Bertz CT molecular complexity index is 2850. The number of halogens is 3. The van der Waals surface area contributed by atoms with Crippen molar-refractivity contribution in [3.05, 3.63) is 181 Å². The Balaban J connectivity index is 0.000000154. The Morgan fingerprint density at radius 3 is 1.25 bits per heavy atom. The third kappa shape index (κ3) is 6.91. The largest absolute Gasteiger partial charge is 0.397 e. The van der Waals surface area contributed by atoms with Crippen LogP contribution in [0.3, 0.4) is 0 Å². The normalized spacial score (nSPS) is 13.2. The van der Waals surface area contributed by atoms with Crippen LogP contribution in [0.25, 0.3) is 44.6 Å². The fraction of sp³-hybridized carbons (Fsp3) is 0.0435. The van der Waals surface area contributed by atoms with Gasteiger partial charge in [0.05, 0.1) is 84.9 Å². The van der Waals surface area contributed by atoms with Crippen LogP contribution in [0.15, 0.2) is 133 Å². The first kappa shape index (κ1) is 38.9. The number of nitrogens with two attached hydrogens (primary N) is 1. The van der Waals surface area contributed by atoms with Crippen molar-refractivity contribution in [2.75, 3.05) is 5.73 Å². The molecule has 8 aromatic rings. The number of carbonyl (C=O) groups is 4. The number of imide groups is 2. The summed E-state index contributed by atoms with van der Waals surface area (Å²) in [6.45, 7) is -0.00798. The SMILES string of the molecule is Nc1cccc2nc(CN3C(=O)c4ccccc4C3=O)c(-c3ccccc3Cl)nc12.O=C1c2ccccc2C(=O)N1Cc1nc2cccc(I)c2nc1-c1ccccc1Cl. The highest BCUT2D eigenvalue weighted by atomic mass is 127. The van der Waals surface area contributed by atoms with Crippen LogP contribution >= 0.6 is 45.8 Å². The lowest BCUT2D eigenvalue weighted by Gasteiger charge is -2.17. The second-order valence-electron chi connectivity index (χ2n) is 13.8. The highest BCUT2D eigenvalue weighted by molar-refractivity contribution is 14.1. The van der Waals surface area contributed by atoms with E-state index < -0.39 is 0 Å². The van der Waals surface area contributed by atoms with Crippen LogP contribution in [0.2, 0.25) is 10.0 Å². The molecular weight excluding hydrogens is 912 g/mol. The predicted molar refractivity (Wildman–Crippen MR) is 238 cm³/mol. The molecule has 4 heterocycles. The van der Waals surface area contributed by atoms with Gasteiger partial charge in [0.25, 0.3) is 23.6 Å². The van der Waals surface area contributed by atoms with E-state index in [9.17, 15) is 19.2 Å². The van der Waals surface area contributed by atoms with Crippen LogP contribution in [0.1, 0.15) is 52.8 Å². The van der Waals surface area contributed by atoms with Gasteiger partial charge < -0.3 is 5.73 Å². The molecule has 2 N–H and O–H groups in total. The van der Waals surface area contributed by atoms with Crippen LogP contribution in [0.4, 0.5) is 5.69 Å². The molecule has 292 valence electrons. The van der Waals surface area contributed by atoms with Crippen molar-refractivity contribution < 1.29 is 19.2 Å². The van der Waals surface area contributed by atoms with Gasteiger partial charge in [-0.25, -0.2) is 19.9 Å². The van der Waals surface area contributed by atoms with E-state index in [4.69, 9.17) is 48.9 Å². The zero-order chi connectivity index (χ0) is 41.7. The van der Waals surface area contributed by atoms with E-state index in [1.54, 1.807) is 78.9 Å². The van der Waals surface area contributed by atoms with Gasteiger partial charge in [0.15, 0.2) is 0 Å². The van der Waals surface area contributed by atoms with Crippen LogP contribution < -0.4 is 5.73 Å². The van der Waals surface area contributed by atoms with Gasteiger partial charge >= 0.3 is 0 Å². The van der Waals surface area contributed by atoms with Crippen molar-refractivity contribution >= 4 is 97.2 Å². The summed E-state index contributed by atoms with van der Waals surface area (Å²) >= 11 is 15.1. The molecule has 60 heavy (non-hydrogen) atoms. The Kier molecular flexibility index (Phi) is 10.3. The fourth-order valence-corrected chi connectivity index (χ4v) is 8.29. The summed E-state index contributed by atoms with van der Waals surface area (Å²) in [7, 11) is 0. The molecule has 0 radical (unpaired) electrons. The monoisotopic (exact) mass is 939 g/mol. The van der Waals surface area contributed by atoms with Crippen LogP contribution in [0.5, 0.6) is 0 Å². The van der Waals surface area contributed by atoms with E-state index in [-0.39, 0.29) is 36.7 Å². The summed E-state index contributed by atoms with van der Waals surface area (Å²) < 4.78 is 0.957. The molecule has 2 aromatic heterocycles. The van der Waals surface area contributed by atoms with Crippen molar-refractivity contribution in [1.82, 2.24) is 29.7 Å². The number of benzene rings is 6. The van der Waals surface area contributed by atoms with Gasteiger partial charge in [0.2, 0.25) is 0 Å². The van der Waals surface area contributed by atoms with E-state index in [1.165, 1.54) is 9.80 Å². The smallest absolute Gasteiger partial charge is 0.261 e. The lowest BCUT2D eigenvalue weighted by atomic mass is 10.1. The number of amides is 4. The maximum Gasteiger partial charge on any atom is 0.261 e. The van der Waals surface area contributed by atoms with Gasteiger partial charge in [-0.2, -0.15) is 0 Å². The molecule has 6 aromatic carbocycles. The van der Waals surface area contributed by atoms with Gasteiger partial charge in [-0.05, 0) is 83.3 Å². The molecule has 0 fully saturated rings. The quantitative estimate of drug-likeness (QED) is 0.0976. The lowest BCUT2D eigenvalue weighted by molar-refractivity contribution is 0.0625. The Labute approximate surface area is 366 Å². The van der Waals surface area contributed by atoms with Gasteiger partial charge in [-0.1, -0.05) is 96.0 Å². The van der Waals surface area contributed by atoms with Gasteiger partial charge in [0.1, 0.15) is 11.0 Å². The van der Waals surface area contributed by atoms with Crippen molar-refractivity contribution in [2.24, 2.45) is 0 Å². The first-order valence-electron chi connectivity index (χ1n) is 18.5. The molecule has 0 unspecified atom stereocenters. The average Bonchev–Trinajstić information content (AvgIpc) is 3.64. The number of nitrogen functional groups attached to an aromatic ring is 1. The molecule has 14 heteroatoms. The molecule has 2 aliphatic rings. The molecule has 0 atom stereocenters. The number of rotatable bonds is 6. The minimum atomic E-state index is -0.352. The molecular formula is C46H28Cl2IN7O4. The highest BCUT2D eigenvalue weighted by Gasteiger charge is 2.37. The molecule has 0 bridgehead atoms. The second-order valence-corrected chi connectivity index (χ2v) is 15.8. The third-order valence-electron chi connectivity index (χ3n) is 10.1. The summed E-state index contributed by atoms with van der Waals surface area (Å²) in [5.41, 5.74) is 14.2. The van der Waals surface area contributed by atoms with E-state index in [0.29, 0.717) is 88.4 Å². The number of para-hydroxylation sites is 2. The van der Waals surface area contributed by atoms with Crippen LogP contribution in [0, 0.1) is 3.57 Å². The van der Waals surface area contributed by atoms with Crippen molar-refractivity contribution in [2.45, 2.75) is 13.1 Å². The van der Waals surface area contributed by atoms with E-state index in [1.807, 2.05) is 54.6 Å². The molecule has 0 aliphatic carbocycles. The summed E-state index contributed by atoms with van der Waals surface area (Å²) in [6, 6.07) is 39.2. The Morgan fingerprint density at radius 1 is 0.450 bits per heavy atom. The number of nitrogens with zero attached hydrogens (tertiary/aromatic N) is 6. The molecule has 0 saturated heterocycles. The van der Waals surface area contributed by atoms with E-state index in [0.717, 1.165) is 9.09 Å². The van der Waals surface area contributed by atoms with E-state index in [2.05, 4.69) is 22.6 Å². The summed E-state index contributed by atoms with van der Waals surface area (Å²) in [4.78, 5) is 72.9. The zero-order valence-electron chi connectivity index (χ0n) is 31.1. The number of aromatic nitrogens is 4. The second kappa shape index (κ2) is 15.9.